The molecule has 1 aliphatic heterocycles. The zero-order chi connectivity index (χ0) is 25.4. The maximum Gasteiger partial charge on any atom is 0.340 e. The Labute approximate surface area is 204 Å². The van der Waals surface area contributed by atoms with E-state index in [4.69, 9.17) is 30.6 Å². The lowest BCUT2D eigenvalue weighted by Gasteiger charge is -2.18. The molecule has 4 rings (SSSR count). The van der Waals surface area contributed by atoms with E-state index in [-0.39, 0.29) is 0 Å². The van der Waals surface area contributed by atoms with Crippen LogP contribution in [0.5, 0.6) is 0 Å². The van der Waals surface area contributed by atoms with Gasteiger partial charge >= 0.3 is 15.2 Å². The maximum absolute atomic E-state index is 11.9. The highest BCUT2D eigenvalue weighted by Gasteiger charge is 2.45. The molecule has 0 amide bonds. The van der Waals surface area contributed by atoms with Gasteiger partial charge in [-0.25, -0.2) is 9.97 Å². The molecule has 0 saturated carbocycles. The monoisotopic (exact) mass is 548 g/mol. The summed E-state index contributed by atoms with van der Waals surface area (Å²) in [4.78, 5) is 35.9. The number of anilines is 1. The number of aliphatic hydroxyl groups is 2. The van der Waals surface area contributed by atoms with Gasteiger partial charge in [0.05, 0.1) is 12.0 Å². The van der Waals surface area contributed by atoms with Crippen LogP contribution in [0.3, 0.4) is 0 Å². The molecule has 3 heterocycles. The van der Waals surface area contributed by atoms with E-state index >= 15 is 0 Å². The summed E-state index contributed by atoms with van der Waals surface area (Å²) in [7, 11) is -9.46. The third kappa shape index (κ3) is 6.28. The van der Waals surface area contributed by atoms with Crippen LogP contribution in [0.4, 0.5) is 5.82 Å². The minimum absolute atomic E-state index is 0.394. The second-order valence-corrected chi connectivity index (χ2v) is 12.4. The molecule has 5 atom stereocenters. The van der Waals surface area contributed by atoms with Crippen molar-refractivity contribution in [3.8, 4) is 0 Å². The minimum atomic E-state index is -4.81. The summed E-state index contributed by atoms with van der Waals surface area (Å²) < 4.78 is 34.8. The topological polar surface area (TPSA) is 196 Å². The number of aromatic nitrogens is 3. The predicted octanol–water partition coefficient (Wildman–Crippen LogP) is 1.65. The highest BCUT2D eigenvalue weighted by molar-refractivity contribution is 7.70. The number of hydrogen-bond acceptors (Lipinski definition) is 9. The first kappa shape index (κ1) is 26.2. The Morgan fingerprint density at radius 1 is 1.09 bits per heavy atom. The molecule has 1 saturated heterocycles. The van der Waals surface area contributed by atoms with Crippen molar-refractivity contribution in [1.82, 2.24) is 14.5 Å². The van der Waals surface area contributed by atoms with Gasteiger partial charge in [-0.05, 0) is 23.8 Å². The molecular weight excluding hydrogens is 526 g/mol. The number of ether oxygens (including phenoxy) is 1. The van der Waals surface area contributed by atoms with Crippen molar-refractivity contribution in [2.75, 3.05) is 17.8 Å². The summed E-state index contributed by atoms with van der Waals surface area (Å²) >= 11 is 5.91. The number of rotatable bonds is 9. The Kier molecular flexibility index (Phi) is 7.65. The Balaban J connectivity index is 1.48. The summed E-state index contributed by atoms with van der Waals surface area (Å²) in [5.74, 6) is -0.852. The number of benzene rings is 1. The fraction of sp³-hybridized carbons (Fsp3) is 0.368. The molecule has 6 N–H and O–H groups in total. The van der Waals surface area contributed by atoms with E-state index in [1.54, 1.807) is 24.4 Å². The average molecular weight is 549 g/mol. The third-order valence-corrected chi connectivity index (χ3v) is 9.01. The van der Waals surface area contributed by atoms with Crippen LogP contribution in [0.15, 0.2) is 42.9 Å². The lowest BCUT2D eigenvalue weighted by Crippen LogP contribution is -2.33. The van der Waals surface area contributed by atoms with Gasteiger partial charge in [-0.3, -0.25) is 9.13 Å². The van der Waals surface area contributed by atoms with Crippen LogP contribution in [0.1, 0.15) is 11.8 Å². The van der Waals surface area contributed by atoms with Gasteiger partial charge in [-0.1, -0.05) is 23.7 Å². The molecular formula is C19H23ClN4O9P2. The van der Waals surface area contributed by atoms with Gasteiger partial charge in [-0.15, -0.1) is 0 Å². The van der Waals surface area contributed by atoms with Crippen molar-refractivity contribution in [2.24, 2.45) is 0 Å². The quantitative estimate of drug-likeness (QED) is 0.212. The van der Waals surface area contributed by atoms with Crippen LogP contribution < -0.4 is 5.32 Å². The van der Waals surface area contributed by atoms with Crippen LogP contribution in [0.2, 0.25) is 5.02 Å². The van der Waals surface area contributed by atoms with Crippen LogP contribution in [0.25, 0.3) is 11.0 Å². The Morgan fingerprint density at radius 2 is 1.80 bits per heavy atom. The smallest absolute Gasteiger partial charge is 0.340 e. The summed E-state index contributed by atoms with van der Waals surface area (Å²) in [5, 5.41) is 25.4. The van der Waals surface area contributed by atoms with Gasteiger partial charge in [-0.2, -0.15) is 0 Å². The molecule has 1 aliphatic rings. The van der Waals surface area contributed by atoms with Crippen molar-refractivity contribution in [1.29, 1.82) is 0 Å². The third-order valence-electron chi connectivity index (χ3n) is 5.30. The van der Waals surface area contributed by atoms with Gasteiger partial charge in [0.25, 0.3) is 0 Å². The first-order valence-electron chi connectivity index (χ1n) is 10.3. The number of halogens is 1. The second kappa shape index (κ2) is 10.2. The summed E-state index contributed by atoms with van der Waals surface area (Å²) in [6.45, 7) is -0.213. The lowest BCUT2D eigenvalue weighted by molar-refractivity contribution is -0.0481. The normalized spacial score (nSPS) is 24.5. The number of nitrogens with one attached hydrogen (secondary N) is 1. The molecule has 0 bridgehead atoms. The Bertz CT molecular complexity index is 1290. The van der Waals surface area contributed by atoms with Crippen molar-refractivity contribution < 1.29 is 43.3 Å². The fourth-order valence-corrected chi connectivity index (χ4v) is 6.36. The maximum atomic E-state index is 11.9. The molecule has 1 aromatic carbocycles. The largest absolute Gasteiger partial charge is 0.387 e. The van der Waals surface area contributed by atoms with Crippen LogP contribution >= 0.6 is 26.8 Å². The zero-order valence-electron chi connectivity index (χ0n) is 18.0. The molecule has 0 radical (unpaired) electrons. The molecule has 35 heavy (non-hydrogen) atoms. The predicted molar refractivity (Wildman–Crippen MR) is 125 cm³/mol. The molecule has 16 heteroatoms. The van der Waals surface area contributed by atoms with Gasteiger partial charge < -0.3 is 44.0 Å². The van der Waals surface area contributed by atoms with E-state index in [9.17, 15) is 24.2 Å². The second-order valence-electron chi connectivity index (χ2n) is 7.95. The highest BCUT2D eigenvalue weighted by atomic mass is 35.5. The van der Waals surface area contributed by atoms with Crippen LogP contribution in [-0.2, 0) is 24.9 Å². The molecule has 0 spiro atoms. The number of nitrogens with zero attached hydrogens (tertiary/aromatic N) is 3. The summed E-state index contributed by atoms with van der Waals surface area (Å²) in [6, 6.07) is 8.99. The molecule has 2 aromatic heterocycles. The molecule has 3 aromatic rings. The zero-order valence-corrected chi connectivity index (χ0v) is 20.5. The lowest BCUT2D eigenvalue weighted by atomic mass is 10.1. The number of fused-ring (bicyclic) bond motifs is 1. The number of aliphatic hydroxyl groups excluding tert-OH is 2. The Hall–Kier alpha value is -1.89. The molecule has 2 unspecified atom stereocenters. The van der Waals surface area contributed by atoms with Crippen LogP contribution in [0, 0.1) is 0 Å². The van der Waals surface area contributed by atoms with E-state index in [1.807, 2.05) is 12.1 Å². The van der Waals surface area contributed by atoms with Gasteiger partial charge in [0, 0.05) is 17.8 Å². The van der Waals surface area contributed by atoms with Gasteiger partial charge in [0.1, 0.15) is 36.1 Å². The molecule has 0 aliphatic carbocycles. The van der Waals surface area contributed by atoms with Gasteiger partial charge in [0.2, 0.25) is 0 Å². The first-order chi connectivity index (χ1) is 16.4. The summed E-state index contributed by atoms with van der Waals surface area (Å²) in [5.41, 5.74) is 1.37. The molecule has 1 fully saturated rings. The van der Waals surface area contributed by atoms with E-state index in [1.165, 1.54) is 10.9 Å². The first-order valence-corrected chi connectivity index (χ1v) is 14.2. The van der Waals surface area contributed by atoms with E-state index in [0.29, 0.717) is 28.4 Å². The summed E-state index contributed by atoms with van der Waals surface area (Å²) in [6.07, 6.45) is -2.40. The van der Waals surface area contributed by atoms with Crippen molar-refractivity contribution >= 4 is 43.6 Å². The van der Waals surface area contributed by atoms with Crippen molar-refractivity contribution in [3.05, 3.63) is 53.4 Å². The van der Waals surface area contributed by atoms with E-state index < -0.39 is 52.2 Å². The highest BCUT2D eigenvalue weighted by Crippen LogP contribution is 2.55. The average Bonchev–Trinajstić information content (AvgIpc) is 3.32. The van der Waals surface area contributed by atoms with Crippen molar-refractivity contribution in [3.63, 3.8) is 0 Å². The molecule has 190 valence electrons. The minimum Gasteiger partial charge on any atom is -0.387 e. The van der Waals surface area contributed by atoms with Gasteiger partial charge in [0.15, 0.2) is 12.1 Å². The van der Waals surface area contributed by atoms with E-state index in [0.717, 1.165) is 5.56 Å². The standard InChI is InChI=1S/C19H23ClN4O9P2/c20-12-3-1-11(2-4-12)7-21-17-13-5-6-24(18(13)23-9-22-17)19-16(26)15(25)14(33-19)8-32-35(30,31)10-34(27,28)29/h1-6,9,14-16,19,25-26H,7-8,10H2,(H,30,31)(H,21,22,23)(H2,27,28,29)/t14-,15?,16+,19-/m1/s1. The Morgan fingerprint density at radius 3 is 2.49 bits per heavy atom. The van der Waals surface area contributed by atoms with E-state index in [2.05, 4.69) is 15.3 Å². The number of hydrogen-bond donors (Lipinski definition) is 6. The molecule has 13 nitrogen and oxygen atoms in total. The SMILES string of the molecule is O=P(O)(O)CP(=O)(O)OC[C@H]1O[C@@H](n2ccc3c(NCc4ccc(Cl)cc4)ncnc32)[C@@H](O)C1O. The van der Waals surface area contributed by atoms with Crippen molar-refractivity contribution in [2.45, 2.75) is 31.1 Å². The fourth-order valence-electron chi connectivity index (χ4n) is 3.67. The van der Waals surface area contributed by atoms with Crippen LogP contribution in [-0.4, -0.2) is 70.3 Å².